The topological polar surface area (TPSA) is 57.0 Å². The molecule has 25 heavy (non-hydrogen) atoms. The molecule has 0 N–H and O–H groups in total. The number of ether oxygens (including phenoxy) is 1. The van der Waals surface area contributed by atoms with Crippen molar-refractivity contribution in [2.75, 3.05) is 6.61 Å². The van der Waals surface area contributed by atoms with E-state index in [9.17, 15) is 4.79 Å². The molecule has 0 spiro atoms. The van der Waals surface area contributed by atoms with Gasteiger partial charge in [-0.3, -0.25) is 4.79 Å². The molecule has 0 amide bonds. The Bertz CT molecular complexity index is 905. The largest absolute Gasteiger partial charge is 0.462 e. The van der Waals surface area contributed by atoms with Crippen molar-refractivity contribution in [1.82, 2.24) is 14.8 Å². The molecule has 3 aromatic rings. The lowest BCUT2D eigenvalue weighted by Crippen LogP contribution is -2.16. The van der Waals surface area contributed by atoms with Gasteiger partial charge in [0, 0.05) is 11.1 Å². The van der Waals surface area contributed by atoms with Crippen molar-refractivity contribution in [3.8, 4) is 17.4 Å². The molecule has 0 saturated carbocycles. The molecule has 3 rings (SSSR count). The monoisotopic (exact) mass is 355 g/mol. The molecule has 2 aromatic carbocycles. The van der Waals surface area contributed by atoms with Crippen molar-refractivity contribution >= 4 is 17.5 Å². The fourth-order valence-corrected chi connectivity index (χ4v) is 2.65. The number of aromatic nitrogens is 3. The van der Waals surface area contributed by atoms with Crippen LogP contribution in [0.25, 0.3) is 11.4 Å². The van der Waals surface area contributed by atoms with Crippen molar-refractivity contribution in [1.29, 1.82) is 0 Å². The SMILES string of the molecule is CCCOc1nc(-c2ccccc2Cl)n(C(=O)c2ccccc2C)n1. The summed E-state index contributed by atoms with van der Waals surface area (Å²) < 4.78 is 6.77. The summed E-state index contributed by atoms with van der Waals surface area (Å²) in [6.45, 7) is 4.35. The molecule has 1 aromatic heterocycles. The first kappa shape index (κ1) is 17.2. The van der Waals surface area contributed by atoms with Crippen LogP contribution in [0.2, 0.25) is 5.02 Å². The summed E-state index contributed by atoms with van der Waals surface area (Å²) in [4.78, 5) is 17.4. The van der Waals surface area contributed by atoms with Crippen LogP contribution in [0.15, 0.2) is 48.5 Å². The van der Waals surface area contributed by atoms with E-state index in [0.29, 0.717) is 28.6 Å². The number of halogens is 1. The molecule has 1 heterocycles. The van der Waals surface area contributed by atoms with Gasteiger partial charge in [0.25, 0.3) is 5.91 Å². The summed E-state index contributed by atoms with van der Waals surface area (Å²) in [5.74, 6) is 0.0943. The molecule has 128 valence electrons. The zero-order chi connectivity index (χ0) is 17.8. The Balaban J connectivity index is 2.11. The third-order valence-electron chi connectivity index (χ3n) is 3.71. The lowest BCUT2D eigenvalue weighted by Gasteiger charge is -2.07. The quantitative estimate of drug-likeness (QED) is 0.681. The number of carbonyl (C=O) groups excluding carboxylic acids is 1. The minimum atomic E-state index is -0.271. The molecule has 0 bridgehead atoms. The molecule has 0 unspecified atom stereocenters. The van der Waals surface area contributed by atoms with E-state index in [-0.39, 0.29) is 11.9 Å². The van der Waals surface area contributed by atoms with Gasteiger partial charge in [0.2, 0.25) is 0 Å². The van der Waals surface area contributed by atoms with Gasteiger partial charge in [-0.05, 0) is 37.1 Å². The molecule has 0 fully saturated rings. The summed E-state index contributed by atoms with van der Waals surface area (Å²) in [5, 5.41) is 4.75. The van der Waals surface area contributed by atoms with Crippen LogP contribution < -0.4 is 4.74 Å². The second-order valence-corrected chi connectivity index (χ2v) is 5.99. The minimum absolute atomic E-state index is 0.165. The van der Waals surface area contributed by atoms with Crippen molar-refractivity contribution in [2.24, 2.45) is 0 Å². The van der Waals surface area contributed by atoms with E-state index in [0.717, 1.165) is 12.0 Å². The van der Waals surface area contributed by atoms with Gasteiger partial charge < -0.3 is 4.74 Å². The molecule has 6 heteroatoms. The average molecular weight is 356 g/mol. The van der Waals surface area contributed by atoms with Gasteiger partial charge in [-0.15, -0.1) is 5.10 Å². The molecule has 0 aliphatic heterocycles. The molecule has 0 atom stereocenters. The van der Waals surface area contributed by atoms with E-state index < -0.39 is 0 Å². The zero-order valence-corrected chi connectivity index (χ0v) is 14.8. The third-order valence-corrected chi connectivity index (χ3v) is 4.04. The molecular weight excluding hydrogens is 338 g/mol. The summed E-state index contributed by atoms with van der Waals surface area (Å²) >= 11 is 6.29. The van der Waals surface area contributed by atoms with Gasteiger partial charge in [0.1, 0.15) is 0 Å². The highest BCUT2D eigenvalue weighted by Crippen LogP contribution is 2.28. The number of hydrogen-bond acceptors (Lipinski definition) is 4. The van der Waals surface area contributed by atoms with Gasteiger partial charge in [0.05, 0.1) is 11.6 Å². The predicted molar refractivity (Wildman–Crippen MR) is 97.2 cm³/mol. The Hall–Kier alpha value is -2.66. The summed E-state index contributed by atoms with van der Waals surface area (Å²) in [6, 6.07) is 14.7. The van der Waals surface area contributed by atoms with Gasteiger partial charge in [-0.25, -0.2) is 0 Å². The Morgan fingerprint density at radius 2 is 1.88 bits per heavy atom. The smallest absolute Gasteiger partial charge is 0.336 e. The minimum Gasteiger partial charge on any atom is -0.462 e. The Kier molecular flexibility index (Phi) is 5.14. The first-order chi connectivity index (χ1) is 12.1. The normalized spacial score (nSPS) is 10.7. The lowest BCUT2D eigenvalue weighted by molar-refractivity contribution is 0.0944. The molecule has 0 aliphatic carbocycles. The summed E-state index contributed by atoms with van der Waals surface area (Å²) in [6.07, 6.45) is 0.821. The first-order valence-corrected chi connectivity index (χ1v) is 8.44. The number of nitrogens with zero attached hydrogens (tertiary/aromatic N) is 3. The molecule has 0 aliphatic rings. The van der Waals surface area contributed by atoms with Crippen LogP contribution in [-0.2, 0) is 0 Å². The van der Waals surface area contributed by atoms with Crippen LogP contribution in [0, 0.1) is 6.92 Å². The van der Waals surface area contributed by atoms with E-state index >= 15 is 0 Å². The van der Waals surface area contributed by atoms with Crippen molar-refractivity contribution in [2.45, 2.75) is 20.3 Å². The van der Waals surface area contributed by atoms with E-state index in [1.807, 2.05) is 44.2 Å². The fourth-order valence-electron chi connectivity index (χ4n) is 2.43. The van der Waals surface area contributed by atoms with Crippen molar-refractivity contribution in [3.05, 3.63) is 64.7 Å². The van der Waals surface area contributed by atoms with Gasteiger partial charge in [-0.2, -0.15) is 9.67 Å². The predicted octanol–water partition coefficient (Wildman–Crippen LogP) is 4.38. The van der Waals surface area contributed by atoms with Crippen LogP contribution >= 0.6 is 11.6 Å². The Morgan fingerprint density at radius 1 is 1.16 bits per heavy atom. The van der Waals surface area contributed by atoms with Gasteiger partial charge in [0.15, 0.2) is 5.82 Å². The van der Waals surface area contributed by atoms with Crippen LogP contribution in [0.5, 0.6) is 6.01 Å². The van der Waals surface area contributed by atoms with E-state index in [2.05, 4.69) is 10.1 Å². The number of rotatable bonds is 5. The van der Waals surface area contributed by atoms with Gasteiger partial charge in [-0.1, -0.05) is 48.9 Å². The number of benzene rings is 2. The molecule has 5 nitrogen and oxygen atoms in total. The highest BCUT2D eigenvalue weighted by atomic mass is 35.5. The number of carbonyl (C=O) groups is 1. The lowest BCUT2D eigenvalue weighted by atomic mass is 10.1. The standard InChI is InChI=1S/C19H18ClN3O2/c1-3-12-25-19-21-17(15-10-6-7-11-16(15)20)23(22-19)18(24)14-9-5-4-8-13(14)2/h4-11H,3,12H2,1-2H3. The van der Waals surface area contributed by atoms with Crippen LogP contribution in [0.3, 0.4) is 0 Å². The first-order valence-electron chi connectivity index (χ1n) is 8.07. The van der Waals surface area contributed by atoms with E-state index in [4.69, 9.17) is 16.3 Å². The average Bonchev–Trinajstić information content (AvgIpc) is 3.04. The maximum Gasteiger partial charge on any atom is 0.336 e. The van der Waals surface area contributed by atoms with Crippen molar-refractivity contribution in [3.63, 3.8) is 0 Å². The molecular formula is C19H18ClN3O2. The zero-order valence-electron chi connectivity index (χ0n) is 14.1. The number of hydrogen-bond donors (Lipinski definition) is 0. The van der Waals surface area contributed by atoms with E-state index in [1.165, 1.54) is 4.68 Å². The highest BCUT2D eigenvalue weighted by Gasteiger charge is 2.22. The van der Waals surface area contributed by atoms with Gasteiger partial charge >= 0.3 is 6.01 Å². The Morgan fingerprint density at radius 3 is 2.60 bits per heavy atom. The molecule has 0 radical (unpaired) electrons. The summed E-state index contributed by atoms with van der Waals surface area (Å²) in [5.41, 5.74) is 2.05. The van der Waals surface area contributed by atoms with Crippen molar-refractivity contribution < 1.29 is 9.53 Å². The maximum atomic E-state index is 13.0. The van der Waals surface area contributed by atoms with E-state index in [1.54, 1.807) is 18.2 Å². The number of aryl methyl sites for hydroxylation is 1. The van der Waals surface area contributed by atoms with Crippen LogP contribution in [0.4, 0.5) is 0 Å². The second kappa shape index (κ2) is 7.49. The van der Waals surface area contributed by atoms with Crippen LogP contribution in [-0.4, -0.2) is 27.3 Å². The molecule has 0 saturated heterocycles. The highest BCUT2D eigenvalue weighted by molar-refractivity contribution is 6.33. The fraction of sp³-hybridized carbons (Fsp3) is 0.211. The second-order valence-electron chi connectivity index (χ2n) is 5.58. The van der Waals surface area contributed by atoms with Crippen LogP contribution in [0.1, 0.15) is 29.3 Å². The summed E-state index contributed by atoms with van der Waals surface area (Å²) in [7, 11) is 0. The third kappa shape index (κ3) is 3.56. The maximum absolute atomic E-state index is 13.0. The Labute approximate surface area is 151 Å².